The summed E-state index contributed by atoms with van der Waals surface area (Å²) in [6.07, 6.45) is 0.489. The van der Waals surface area contributed by atoms with Gasteiger partial charge in [-0.1, -0.05) is 35.5 Å². The van der Waals surface area contributed by atoms with Crippen LogP contribution in [-0.4, -0.2) is 18.8 Å². The molecule has 3 rings (SSSR count). The Bertz CT molecular complexity index is 740. The minimum Gasteiger partial charge on any atom is -0.497 e. The summed E-state index contributed by atoms with van der Waals surface area (Å²) in [6.45, 7) is 1.36. The maximum Gasteiger partial charge on any atom is 0.308 e. The summed E-state index contributed by atoms with van der Waals surface area (Å²) < 4.78 is 10.5. The fraction of sp³-hybridized carbons (Fsp3) is 0.222. The van der Waals surface area contributed by atoms with Gasteiger partial charge < -0.3 is 14.3 Å². The van der Waals surface area contributed by atoms with Gasteiger partial charge >= 0.3 is 5.97 Å². The molecular weight excluding hydrogens is 294 g/mol. The molecule has 0 spiro atoms. The molecule has 23 heavy (non-hydrogen) atoms. The fourth-order valence-electron chi connectivity index (χ4n) is 2.49. The average molecular weight is 311 g/mol. The molecule has 0 bridgehead atoms. The summed E-state index contributed by atoms with van der Waals surface area (Å²) >= 11 is 0. The second-order valence-electron chi connectivity index (χ2n) is 5.20. The smallest absolute Gasteiger partial charge is 0.308 e. The van der Waals surface area contributed by atoms with Gasteiger partial charge in [0.2, 0.25) is 0 Å². The number of hydrogen-bond donors (Lipinski definition) is 0. The third-order valence-corrected chi connectivity index (χ3v) is 3.59. The highest BCUT2D eigenvalue weighted by Crippen LogP contribution is 2.34. The first-order valence-electron chi connectivity index (χ1n) is 7.32. The molecule has 0 aromatic heterocycles. The van der Waals surface area contributed by atoms with Gasteiger partial charge in [-0.2, -0.15) is 0 Å². The summed E-state index contributed by atoms with van der Waals surface area (Å²) in [4.78, 5) is 16.9. The number of oxime groups is 1. The van der Waals surface area contributed by atoms with Crippen molar-refractivity contribution in [1.29, 1.82) is 0 Å². The van der Waals surface area contributed by atoms with Gasteiger partial charge in [-0.25, -0.2) is 0 Å². The highest BCUT2D eigenvalue weighted by atomic mass is 16.6. The van der Waals surface area contributed by atoms with Gasteiger partial charge in [0.25, 0.3) is 0 Å². The highest BCUT2D eigenvalue weighted by molar-refractivity contribution is 6.04. The third kappa shape index (κ3) is 3.34. The van der Waals surface area contributed by atoms with E-state index < -0.39 is 5.97 Å². The zero-order chi connectivity index (χ0) is 16.2. The Morgan fingerprint density at radius 2 is 2.00 bits per heavy atom. The van der Waals surface area contributed by atoms with Crippen LogP contribution in [-0.2, 0) is 9.63 Å². The number of benzene rings is 2. The van der Waals surface area contributed by atoms with E-state index >= 15 is 0 Å². The Kier molecular flexibility index (Phi) is 4.28. The summed E-state index contributed by atoms with van der Waals surface area (Å²) in [5, 5.41) is 4.17. The van der Waals surface area contributed by atoms with Crippen LogP contribution >= 0.6 is 0 Å². The van der Waals surface area contributed by atoms with Gasteiger partial charge in [0.05, 0.1) is 12.8 Å². The molecular formula is C18H17NO4. The molecule has 2 aromatic carbocycles. The summed E-state index contributed by atoms with van der Waals surface area (Å²) in [5.41, 5.74) is 2.55. The van der Waals surface area contributed by atoms with E-state index in [-0.39, 0.29) is 6.10 Å². The van der Waals surface area contributed by atoms with Crippen molar-refractivity contribution in [3.63, 3.8) is 0 Å². The van der Waals surface area contributed by atoms with Gasteiger partial charge in [0, 0.05) is 25.0 Å². The normalized spacial score (nSPS) is 16.4. The van der Waals surface area contributed by atoms with Crippen molar-refractivity contribution in [3.8, 4) is 11.5 Å². The van der Waals surface area contributed by atoms with Gasteiger partial charge in [0.1, 0.15) is 11.5 Å². The van der Waals surface area contributed by atoms with Crippen molar-refractivity contribution in [2.24, 2.45) is 5.16 Å². The van der Waals surface area contributed by atoms with Crippen molar-refractivity contribution in [2.45, 2.75) is 19.4 Å². The number of ether oxygens (including phenoxy) is 2. The predicted octanol–water partition coefficient (Wildman–Crippen LogP) is 3.49. The van der Waals surface area contributed by atoms with E-state index in [0.717, 1.165) is 16.8 Å². The number of carbonyl (C=O) groups excluding carboxylic acids is 1. The molecule has 0 fully saturated rings. The van der Waals surface area contributed by atoms with E-state index in [1.807, 2.05) is 36.4 Å². The molecule has 0 aliphatic carbocycles. The molecule has 0 N–H and O–H groups in total. The van der Waals surface area contributed by atoms with Crippen molar-refractivity contribution in [3.05, 3.63) is 59.7 Å². The lowest BCUT2D eigenvalue weighted by Gasteiger charge is -2.10. The molecule has 5 heteroatoms. The topological polar surface area (TPSA) is 57.1 Å². The first-order valence-corrected chi connectivity index (χ1v) is 7.32. The Hall–Kier alpha value is -2.82. The summed E-state index contributed by atoms with van der Waals surface area (Å²) in [7, 11) is 1.56. The van der Waals surface area contributed by atoms with E-state index in [2.05, 4.69) is 5.16 Å². The van der Waals surface area contributed by atoms with Crippen LogP contribution in [0.25, 0.3) is 0 Å². The summed E-state index contributed by atoms with van der Waals surface area (Å²) in [6, 6.07) is 15.2. The Morgan fingerprint density at radius 1 is 1.22 bits per heavy atom. The maximum atomic E-state index is 11.3. The zero-order valence-corrected chi connectivity index (χ0v) is 13.0. The Labute approximate surface area is 134 Å². The largest absolute Gasteiger partial charge is 0.497 e. The van der Waals surface area contributed by atoms with Gasteiger partial charge in [-0.3, -0.25) is 4.79 Å². The van der Waals surface area contributed by atoms with Crippen LogP contribution in [0.3, 0.4) is 0 Å². The average Bonchev–Trinajstić information content (AvgIpc) is 3.05. The van der Waals surface area contributed by atoms with E-state index in [1.165, 1.54) is 6.92 Å². The Morgan fingerprint density at radius 3 is 2.70 bits per heavy atom. The van der Waals surface area contributed by atoms with Crippen molar-refractivity contribution in [2.75, 3.05) is 7.11 Å². The van der Waals surface area contributed by atoms with E-state index in [9.17, 15) is 4.79 Å². The quantitative estimate of drug-likeness (QED) is 0.640. The van der Waals surface area contributed by atoms with Crippen molar-refractivity contribution >= 4 is 11.7 Å². The van der Waals surface area contributed by atoms with Gasteiger partial charge in [-0.15, -0.1) is 0 Å². The third-order valence-electron chi connectivity index (χ3n) is 3.59. The lowest BCUT2D eigenvalue weighted by molar-refractivity contribution is -0.131. The van der Waals surface area contributed by atoms with Crippen LogP contribution in [0, 0.1) is 0 Å². The number of hydrogen-bond acceptors (Lipinski definition) is 5. The van der Waals surface area contributed by atoms with Crippen molar-refractivity contribution in [1.82, 2.24) is 0 Å². The lowest BCUT2D eigenvalue weighted by atomic mass is 9.99. The number of carbonyl (C=O) groups is 1. The molecule has 1 heterocycles. The minimum absolute atomic E-state index is 0.126. The van der Waals surface area contributed by atoms with Crippen LogP contribution in [0.5, 0.6) is 11.5 Å². The van der Waals surface area contributed by atoms with E-state index in [0.29, 0.717) is 17.9 Å². The van der Waals surface area contributed by atoms with Crippen LogP contribution in [0.15, 0.2) is 53.7 Å². The highest BCUT2D eigenvalue weighted by Gasteiger charge is 2.26. The molecule has 1 unspecified atom stereocenters. The zero-order valence-electron chi connectivity index (χ0n) is 13.0. The summed E-state index contributed by atoms with van der Waals surface area (Å²) in [5.74, 6) is 0.649. The van der Waals surface area contributed by atoms with Crippen LogP contribution < -0.4 is 9.47 Å². The number of esters is 1. The van der Waals surface area contributed by atoms with Crippen molar-refractivity contribution < 1.29 is 19.1 Å². The number of nitrogens with zero attached hydrogens (tertiary/aromatic N) is 1. The van der Waals surface area contributed by atoms with E-state index in [4.69, 9.17) is 14.3 Å². The molecule has 0 saturated carbocycles. The molecule has 1 aliphatic heterocycles. The predicted molar refractivity (Wildman–Crippen MR) is 85.7 cm³/mol. The number of methoxy groups -OCH3 is 1. The van der Waals surface area contributed by atoms with Gasteiger partial charge in [-0.05, 0) is 17.7 Å². The van der Waals surface area contributed by atoms with E-state index in [1.54, 1.807) is 19.2 Å². The molecule has 118 valence electrons. The molecule has 2 aromatic rings. The van der Waals surface area contributed by atoms with Crippen LogP contribution in [0.4, 0.5) is 0 Å². The second kappa shape index (κ2) is 6.52. The fourth-order valence-corrected chi connectivity index (χ4v) is 2.49. The standard InChI is InChI=1S/C18H17NO4/c1-12(20)22-18-10-14(21-2)8-9-15(18)16-11-17(23-19-16)13-6-4-3-5-7-13/h3-10,17H,11H2,1-2H3. The molecule has 1 aliphatic rings. The SMILES string of the molecule is COc1ccc(C2=NOC(c3ccccc3)C2)c(OC(C)=O)c1. The first kappa shape index (κ1) is 15.1. The molecule has 5 nitrogen and oxygen atoms in total. The van der Waals surface area contributed by atoms with Gasteiger partial charge in [0.15, 0.2) is 6.10 Å². The number of rotatable bonds is 4. The Balaban J connectivity index is 1.86. The maximum absolute atomic E-state index is 11.3. The molecule has 1 atom stereocenters. The van der Waals surface area contributed by atoms with Crippen LogP contribution in [0.2, 0.25) is 0 Å². The minimum atomic E-state index is -0.390. The van der Waals surface area contributed by atoms with Crippen LogP contribution in [0.1, 0.15) is 30.6 Å². The monoisotopic (exact) mass is 311 g/mol. The second-order valence-corrected chi connectivity index (χ2v) is 5.20. The first-order chi connectivity index (χ1) is 11.2. The molecule has 0 saturated heterocycles. The molecule has 0 amide bonds. The molecule has 0 radical (unpaired) electrons. The lowest BCUT2D eigenvalue weighted by Crippen LogP contribution is -2.08.